The Hall–Kier alpha value is -5.58. The molecule has 0 aliphatic rings. The molecule has 3 N–H and O–H groups in total. The van der Waals surface area contributed by atoms with Crippen LogP contribution in [0.15, 0.2) is 170 Å². The Morgan fingerprint density at radius 2 is 0.464 bits per heavy atom. The molecule has 5 atom stereocenters. The van der Waals surface area contributed by atoms with E-state index in [-0.39, 0.29) is 25.7 Å². The molecule has 638 valence electrons. The average molecular weight is 1610 g/mol. The molecule has 0 fully saturated rings. The fraction of sp³-hybridized carbons (Fsp3) is 0.656. The van der Waals surface area contributed by atoms with Gasteiger partial charge < -0.3 is 33.8 Å². The predicted octanol–water partition coefficient (Wildman–Crippen LogP) is 26.1. The van der Waals surface area contributed by atoms with Gasteiger partial charge in [0.2, 0.25) is 0 Å². The molecule has 0 saturated carbocycles. The van der Waals surface area contributed by atoms with Gasteiger partial charge in [-0.05, 0) is 173 Å². The maximum Gasteiger partial charge on any atom is 0.472 e. The Balaban J connectivity index is 5.44. The molecule has 0 rings (SSSR count). The fourth-order valence-electron chi connectivity index (χ4n) is 11.2. The van der Waals surface area contributed by atoms with E-state index in [1.165, 1.54) is 19.3 Å². The van der Waals surface area contributed by atoms with E-state index in [1.807, 2.05) is 0 Å². The van der Waals surface area contributed by atoms with Gasteiger partial charge in [-0.2, -0.15) is 0 Å². The fourth-order valence-corrected chi connectivity index (χ4v) is 12.7. The van der Waals surface area contributed by atoms with Crippen LogP contribution in [0, 0.1) is 0 Å². The lowest BCUT2D eigenvalue weighted by Crippen LogP contribution is -2.30. The molecule has 0 amide bonds. The molecule has 0 aromatic carbocycles. The van der Waals surface area contributed by atoms with Crippen molar-refractivity contribution >= 4 is 39.5 Å². The zero-order valence-corrected chi connectivity index (χ0v) is 71.8. The van der Waals surface area contributed by atoms with Gasteiger partial charge in [-0.15, -0.1) is 0 Å². The summed E-state index contributed by atoms with van der Waals surface area (Å²) >= 11 is 0. The molecule has 5 unspecified atom stereocenters. The number of hydrogen-bond acceptors (Lipinski definition) is 15. The van der Waals surface area contributed by atoms with Gasteiger partial charge in [0.15, 0.2) is 12.2 Å². The first-order valence-electron chi connectivity index (χ1n) is 43.4. The number of unbranched alkanes of at least 4 members (excludes halogenated alkanes) is 26. The third-order valence-corrected chi connectivity index (χ3v) is 19.6. The zero-order valence-electron chi connectivity index (χ0n) is 70.0. The third kappa shape index (κ3) is 82.4. The summed E-state index contributed by atoms with van der Waals surface area (Å²) in [7, 11) is -10.00. The van der Waals surface area contributed by atoms with Crippen LogP contribution in [0.25, 0.3) is 0 Å². The summed E-state index contributed by atoms with van der Waals surface area (Å²) in [6.45, 7) is 4.47. The molecule has 112 heavy (non-hydrogen) atoms. The van der Waals surface area contributed by atoms with Crippen molar-refractivity contribution in [3.8, 4) is 0 Å². The van der Waals surface area contributed by atoms with E-state index >= 15 is 0 Å². The zero-order chi connectivity index (χ0) is 81.7. The van der Waals surface area contributed by atoms with E-state index in [2.05, 4.69) is 198 Å². The summed E-state index contributed by atoms with van der Waals surface area (Å²) in [5.41, 5.74) is 0. The third-order valence-electron chi connectivity index (χ3n) is 17.7. The number of phosphoric acid groups is 2. The average Bonchev–Trinajstić information content (AvgIpc) is 0.898. The summed E-state index contributed by atoms with van der Waals surface area (Å²) in [5, 5.41) is 10.7. The van der Waals surface area contributed by atoms with Gasteiger partial charge in [-0.3, -0.25) is 37.3 Å². The second kappa shape index (κ2) is 83.4. The van der Waals surface area contributed by atoms with Gasteiger partial charge in [-0.1, -0.05) is 307 Å². The largest absolute Gasteiger partial charge is 0.472 e. The lowest BCUT2D eigenvalue weighted by atomic mass is 10.1. The molecule has 0 aromatic rings. The highest BCUT2D eigenvalue weighted by molar-refractivity contribution is 7.47. The highest BCUT2D eigenvalue weighted by atomic mass is 31.2. The monoisotopic (exact) mass is 1610 g/mol. The van der Waals surface area contributed by atoms with E-state index in [9.17, 15) is 43.2 Å². The molecule has 0 bridgehead atoms. The SMILES string of the molecule is CC/C=C\C/C=C\C/C=C\C/C=C\CCCCCCCCC(=O)OCC(COP(=O)(O)OCC(O)COP(=O)(O)OCC(COC(=O)CCCCCCCC/C=C\C/C=C\C/C=C\C/C=C\CC)OC(=O)CCCCCCCC/C=C\C/C=C\C/C=C\CCCCC)OC(=O)CCCCCCC/C=C\C/C=C\C/C=C\CC. The van der Waals surface area contributed by atoms with Crippen LogP contribution >= 0.6 is 15.6 Å². The maximum atomic E-state index is 13.2. The number of phosphoric ester groups is 2. The van der Waals surface area contributed by atoms with E-state index in [0.29, 0.717) is 25.7 Å². The van der Waals surface area contributed by atoms with E-state index in [0.717, 1.165) is 238 Å². The molecule has 0 aliphatic carbocycles. The molecule has 0 radical (unpaired) electrons. The van der Waals surface area contributed by atoms with Gasteiger partial charge in [-0.25, -0.2) is 9.13 Å². The summed E-state index contributed by atoms with van der Waals surface area (Å²) in [6, 6.07) is 0. The van der Waals surface area contributed by atoms with Gasteiger partial charge in [0.1, 0.15) is 19.3 Å². The number of ether oxygens (including phenoxy) is 4. The molecule has 19 heteroatoms. The molecular formula is C93H154O17P2. The number of aliphatic hydroxyl groups excluding tert-OH is 1. The minimum Gasteiger partial charge on any atom is -0.462 e. The summed E-state index contributed by atoms with van der Waals surface area (Å²) in [5.74, 6) is -2.24. The minimum absolute atomic E-state index is 0.0664. The van der Waals surface area contributed by atoms with Crippen molar-refractivity contribution in [1.82, 2.24) is 0 Å². The van der Waals surface area contributed by atoms with Gasteiger partial charge >= 0.3 is 39.5 Å². The lowest BCUT2D eigenvalue weighted by Gasteiger charge is -2.21. The van der Waals surface area contributed by atoms with Crippen LogP contribution in [0.4, 0.5) is 0 Å². The van der Waals surface area contributed by atoms with Crippen LogP contribution < -0.4 is 0 Å². The lowest BCUT2D eigenvalue weighted by molar-refractivity contribution is -0.161. The van der Waals surface area contributed by atoms with Crippen LogP contribution in [0.2, 0.25) is 0 Å². The number of rotatable bonds is 80. The van der Waals surface area contributed by atoms with E-state index in [1.54, 1.807) is 0 Å². The Bertz CT molecular complexity index is 2790. The van der Waals surface area contributed by atoms with Crippen LogP contribution in [-0.4, -0.2) is 96.7 Å². The van der Waals surface area contributed by atoms with E-state index < -0.39 is 97.5 Å². The second-order valence-electron chi connectivity index (χ2n) is 28.3. The predicted molar refractivity (Wildman–Crippen MR) is 463 cm³/mol. The van der Waals surface area contributed by atoms with Crippen molar-refractivity contribution in [2.75, 3.05) is 39.6 Å². The van der Waals surface area contributed by atoms with Crippen LogP contribution in [0.5, 0.6) is 0 Å². The smallest absolute Gasteiger partial charge is 0.462 e. The first-order chi connectivity index (χ1) is 54.7. The number of aliphatic hydroxyl groups is 1. The Labute approximate surface area is 680 Å². The topological polar surface area (TPSA) is 237 Å². The molecule has 0 aliphatic heterocycles. The van der Waals surface area contributed by atoms with Crippen molar-refractivity contribution < 1.29 is 80.2 Å². The Morgan fingerprint density at radius 3 is 0.714 bits per heavy atom. The number of hydrogen-bond donors (Lipinski definition) is 3. The van der Waals surface area contributed by atoms with Gasteiger partial charge in [0.25, 0.3) is 0 Å². The maximum absolute atomic E-state index is 13.2. The highest BCUT2D eigenvalue weighted by Gasteiger charge is 2.30. The van der Waals surface area contributed by atoms with Crippen molar-refractivity contribution in [2.45, 2.75) is 354 Å². The van der Waals surface area contributed by atoms with Crippen molar-refractivity contribution in [3.63, 3.8) is 0 Å². The summed E-state index contributed by atoms with van der Waals surface area (Å²) in [4.78, 5) is 73.4. The van der Waals surface area contributed by atoms with Crippen LogP contribution in [-0.2, 0) is 65.4 Å². The van der Waals surface area contributed by atoms with Crippen molar-refractivity contribution in [1.29, 1.82) is 0 Å². The molecule has 0 aromatic heterocycles. The first kappa shape index (κ1) is 106. The Morgan fingerprint density at radius 1 is 0.259 bits per heavy atom. The minimum atomic E-state index is -5.00. The van der Waals surface area contributed by atoms with Crippen molar-refractivity contribution in [3.05, 3.63) is 170 Å². The molecule has 0 heterocycles. The number of esters is 4. The highest BCUT2D eigenvalue weighted by Crippen LogP contribution is 2.45. The summed E-state index contributed by atoms with van der Waals surface area (Å²) in [6.07, 6.45) is 100. The van der Waals surface area contributed by atoms with Crippen molar-refractivity contribution in [2.24, 2.45) is 0 Å². The van der Waals surface area contributed by atoms with Crippen LogP contribution in [0.3, 0.4) is 0 Å². The first-order valence-corrected chi connectivity index (χ1v) is 46.4. The molecule has 0 saturated heterocycles. The van der Waals surface area contributed by atoms with Gasteiger partial charge in [0, 0.05) is 25.7 Å². The van der Waals surface area contributed by atoms with Gasteiger partial charge in [0.05, 0.1) is 26.4 Å². The molecule has 17 nitrogen and oxygen atoms in total. The second-order valence-corrected chi connectivity index (χ2v) is 31.2. The standard InChI is InChI=1S/C93H154O17P2/c1-5-9-13-17-21-25-29-33-37-40-43-46-50-53-57-61-65-69-73-77-90(95)103-83-88(109-92(97)79-75-71-67-63-59-55-49-36-32-28-24-20-16-12-8-4)85-107-111(99,100)105-81-87(94)82-106-112(101,102)108-86-89(110-93(98)80-76-72-68-64-60-56-52-48-45-42-39-35-31-27-23-19-15-11-7-3)84-104-91(96)78-74-70-66-62-58-54-51-47-44-41-38-34-30-26-22-18-14-10-6-2/h9-10,12-14,16,21-28,33-39,43-49,87-89,94H,5-8,11,15,17-20,29-32,40-42,50-86H2,1-4H3,(H,99,100)(H,101,102)/b13-9-,14-10-,16-12-,25-21-,26-22-,27-23-,28-24-,37-33-,38-34-,39-35-,46-43-,47-44-,48-45-,49-36-. The quantitative estimate of drug-likeness (QED) is 0.0169. The number of carbonyl (C=O) groups excluding carboxylic acids is 4. The van der Waals surface area contributed by atoms with Crippen LogP contribution in [0.1, 0.15) is 336 Å². The Kier molecular flexibility index (Phi) is 79.2. The number of allylic oxidation sites excluding steroid dienone is 28. The van der Waals surface area contributed by atoms with E-state index in [4.69, 9.17) is 37.0 Å². The number of carbonyl (C=O) groups is 4. The summed E-state index contributed by atoms with van der Waals surface area (Å²) < 4.78 is 68.9. The molecular weight excluding hydrogens is 1450 g/mol. The normalized spacial score (nSPS) is 14.6. The molecule has 0 spiro atoms.